The fraction of sp³-hybridized carbons (Fsp3) is 0.167. The lowest BCUT2D eigenvalue weighted by Crippen LogP contribution is -2.10. The first-order valence-corrected chi connectivity index (χ1v) is 4.75. The van der Waals surface area contributed by atoms with Gasteiger partial charge in [-0.05, 0) is 5.39 Å². The molecule has 0 amide bonds. The highest BCUT2D eigenvalue weighted by Gasteiger charge is 2.14. The summed E-state index contributed by atoms with van der Waals surface area (Å²) in [4.78, 5) is 10.2. The summed E-state index contributed by atoms with van der Waals surface area (Å²) in [6.45, 7) is 0.644. The molecule has 0 radical (unpaired) electrons. The molecule has 0 unspecified atom stereocenters. The molecule has 0 fully saturated rings. The normalized spacial score (nSPS) is 14.9. The molecule has 2 aromatic carbocycles. The van der Waals surface area contributed by atoms with Crippen molar-refractivity contribution < 1.29 is 9.78 Å². The number of hydrogen-bond donors (Lipinski definition) is 0. The number of benzene rings is 2. The van der Waals surface area contributed by atoms with Crippen LogP contribution in [0.4, 0.5) is 0 Å². The van der Waals surface area contributed by atoms with E-state index in [-0.39, 0.29) is 0 Å². The maximum atomic E-state index is 5.24. The van der Waals surface area contributed by atoms with Crippen molar-refractivity contribution in [2.45, 2.75) is 6.42 Å². The van der Waals surface area contributed by atoms with E-state index in [1.54, 1.807) is 0 Å². The van der Waals surface area contributed by atoms with E-state index in [2.05, 4.69) is 24.3 Å². The standard InChI is InChI=1S/C12H10O2/c1-2-4-11-9(3-1)5-6-10-7-8-13-14-12(10)11/h1-6H,7-8H2. The van der Waals surface area contributed by atoms with Gasteiger partial charge in [-0.3, -0.25) is 0 Å². The molecular formula is C12H10O2. The molecule has 3 rings (SSSR count). The Hall–Kier alpha value is -1.54. The first kappa shape index (κ1) is 7.83. The summed E-state index contributed by atoms with van der Waals surface area (Å²) in [5.74, 6) is 0.884. The van der Waals surface area contributed by atoms with Crippen LogP contribution in [0.3, 0.4) is 0 Å². The van der Waals surface area contributed by atoms with Gasteiger partial charge in [0.2, 0.25) is 0 Å². The maximum absolute atomic E-state index is 5.24. The van der Waals surface area contributed by atoms with Crippen LogP contribution in [-0.4, -0.2) is 6.61 Å². The summed E-state index contributed by atoms with van der Waals surface area (Å²) in [6, 6.07) is 12.4. The number of hydrogen-bond acceptors (Lipinski definition) is 2. The molecule has 1 heterocycles. The third-order valence-corrected chi connectivity index (χ3v) is 2.56. The Bertz CT molecular complexity index is 477. The Labute approximate surface area is 82.0 Å². The lowest BCUT2D eigenvalue weighted by Gasteiger charge is -2.17. The van der Waals surface area contributed by atoms with Crippen molar-refractivity contribution in [1.29, 1.82) is 0 Å². The smallest absolute Gasteiger partial charge is 0.176 e. The van der Waals surface area contributed by atoms with Crippen molar-refractivity contribution in [2.75, 3.05) is 6.61 Å². The summed E-state index contributed by atoms with van der Waals surface area (Å²) >= 11 is 0. The first-order chi connectivity index (χ1) is 6.95. The molecule has 0 aromatic heterocycles. The first-order valence-electron chi connectivity index (χ1n) is 4.75. The van der Waals surface area contributed by atoms with Crippen LogP contribution in [0, 0.1) is 0 Å². The van der Waals surface area contributed by atoms with Gasteiger partial charge in [-0.2, -0.15) is 4.89 Å². The maximum Gasteiger partial charge on any atom is 0.176 e. The number of fused-ring (bicyclic) bond motifs is 3. The van der Waals surface area contributed by atoms with Crippen LogP contribution < -0.4 is 4.89 Å². The highest BCUT2D eigenvalue weighted by molar-refractivity contribution is 5.89. The third-order valence-electron chi connectivity index (χ3n) is 2.56. The van der Waals surface area contributed by atoms with E-state index in [1.165, 1.54) is 10.9 Å². The van der Waals surface area contributed by atoms with E-state index in [0.29, 0.717) is 6.61 Å². The summed E-state index contributed by atoms with van der Waals surface area (Å²) in [6.07, 6.45) is 0.931. The van der Waals surface area contributed by atoms with Crippen molar-refractivity contribution in [2.24, 2.45) is 0 Å². The van der Waals surface area contributed by atoms with Crippen molar-refractivity contribution in [3.05, 3.63) is 42.0 Å². The van der Waals surface area contributed by atoms with Gasteiger partial charge in [0.1, 0.15) is 0 Å². The quantitative estimate of drug-likeness (QED) is 0.589. The molecule has 0 atom stereocenters. The van der Waals surface area contributed by atoms with Gasteiger partial charge < -0.3 is 4.89 Å². The third kappa shape index (κ3) is 1.08. The van der Waals surface area contributed by atoms with Crippen LogP contribution in [0.2, 0.25) is 0 Å². The molecule has 14 heavy (non-hydrogen) atoms. The van der Waals surface area contributed by atoms with Gasteiger partial charge >= 0.3 is 0 Å². The van der Waals surface area contributed by atoms with Crippen LogP contribution in [0.25, 0.3) is 10.8 Å². The van der Waals surface area contributed by atoms with Gasteiger partial charge in [0, 0.05) is 17.4 Å². The van der Waals surface area contributed by atoms with Crippen LogP contribution >= 0.6 is 0 Å². The average molecular weight is 186 g/mol. The van der Waals surface area contributed by atoms with Crippen molar-refractivity contribution in [1.82, 2.24) is 0 Å². The monoisotopic (exact) mass is 186 g/mol. The second-order valence-corrected chi connectivity index (χ2v) is 3.43. The average Bonchev–Trinajstić information content (AvgIpc) is 2.29. The van der Waals surface area contributed by atoms with E-state index in [9.17, 15) is 0 Å². The molecule has 2 heteroatoms. The van der Waals surface area contributed by atoms with Gasteiger partial charge in [0.25, 0.3) is 0 Å². The molecule has 0 spiro atoms. The topological polar surface area (TPSA) is 18.5 Å². The van der Waals surface area contributed by atoms with Crippen LogP contribution in [-0.2, 0) is 11.3 Å². The van der Waals surface area contributed by atoms with Crippen LogP contribution in [0.1, 0.15) is 5.56 Å². The molecule has 1 aliphatic heterocycles. The molecule has 0 saturated carbocycles. The van der Waals surface area contributed by atoms with E-state index in [1.807, 2.05) is 12.1 Å². The summed E-state index contributed by atoms with van der Waals surface area (Å²) < 4.78 is 0. The molecule has 0 saturated heterocycles. The summed E-state index contributed by atoms with van der Waals surface area (Å²) in [5.41, 5.74) is 1.23. The van der Waals surface area contributed by atoms with E-state index in [4.69, 9.17) is 9.78 Å². The zero-order chi connectivity index (χ0) is 9.38. The second-order valence-electron chi connectivity index (χ2n) is 3.43. The predicted molar refractivity (Wildman–Crippen MR) is 54.2 cm³/mol. The molecule has 70 valence electrons. The van der Waals surface area contributed by atoms with Gasteiger partial charge in [-0.25, -0.2) is 0 Å². The zero-order valence-electron chi connectivity index (χ0n) is 7.69. The van der Waals surface area contributed by atoms with E-state index >= 15 is 0 Å². The van der Waals surface area contributed by atoms with E-state index < -0.39 is 0 Å². The van der Waals surface area contributed by atoms with Crippen molar-refractivity contribution in [3.8, 4) is 5.75 Å². The van der Waals surface area contributed by atoms with Gasteiger partial charge in [0.05, 0.1) is 6.61 Å². The molecular weight excluding hydrogens is 176 g/mol. The van der Waals surface area contributed by atoms with Crippen molar-refractivity contribution in [3.63, 3.8) is 0 Å². The molecule has 1 aliphatic rings. The fourth-order valence-corrected chi connectivity index (χ4v) is 1.84. The Balaban J connectivity index is 2.34. The fourth-order valence-electron chi connectivity index (χ4n) is 1.84. The Morgan fingerprint density at radius 2 is 1.93 bits per heavy atom. The molecule has 2 aromatic rings. The molecule has 0 bridgehead atoms. The van der Waals surface area contributed by atoms with Crippen LogP contribution in [0.5, 0.6) is 5.75 Å². The minimum atomic E-state index is 0.644. The van der Waals surface area contributed by atoms with Gasteiger partial charge in [-0.15, -0.1) is 0 Å². The van der Waals surface area contributed by atoms with Gasteiger partial charge in [-0.1, -0.05) is 36.4 Å². The van der Waals surface area contributed by atoms with Crippen molar-refractivity contribution >= 4 is 10.8 Å². The second kappa shape index (κ2) is 3.00. The summed E-state index contributed by atoms with van der Waals surface area (Å²) in [7, 11) is 0. The number of rotatable bonds is 0. The molecule has 0 aliphatic carbocycles. The minimum Gasteiger partial charge on any atom is -0.337 e. The lowest BCUT2D eigenvalue weighted by atomic mass is 10.0. The molecule has 2 nitrogen and oxygen atoms in total. The predicted octanol–water partition coefficient (Wildman–Crippen LogP) is 2.71. The SMILES string of the molecule is c1ccc2c3c(ccc2c1)CCOO3. The Morgan fingerprint density at radius 1 is 1.00 bits per heavy atom. The largest absolute Gasteiger partial charge is 0.337 e. The summed E-state index contributed by atoms with van der Waals surface area (Å²) in [5, 5.41) is 2.32. The Morgan fingerprint density at radius 3 is 2.93 bits per heavy atom. The zero-order valence-corrected chi connectivity index (χ0v) is 7.69. The highest BCUT2D eigenvalue weighted by atomic mass is 17.2. The lowest BCUT2D eigenvalue weighted by molar-refractivity contribution is -0.213. The van der Waals surface area contributed by atoms with E-state index in [0.717, 1.165) is 17.6 Å². The highest BCUT2D eigenvalue weighted by Crippen LogP contribution is 2.32. The van der Waals surface area contributed by atoms with Gasteiger partial charge in [0.15, 0.2) is 5.75 Å². The minimum absolute atomic E-state index is 0.644. The Kier molecular flexibility index (Phi) is 1.67. The van der Waals surface area contributed by atoms with Crippen LogP contribution in [0.15, 0.2) is 36.4 Å². The molecule has 0 N–H and O–H groups in total.